The second-order valence-electron chi connectivity index (χ2n) is 4.21. The van der Waals surface area contributed by atoms with Gasteiger partial charge in [-0.25, -0.2) is 4.98 Å². The summed E-state index contributed by atoms with van der Waals surface area (Å²) in [4.78, 5) is 7.50. The zero-order chi connectivity index (χ0) is 12.5. The van der Waals surface area contributed by atoms with Crippen molar-refractivity contribution in [1.82, 2.24) is 9.97 Å². The van der Waals surface area contributed by atoms with Crippen LogP contribution in [0.1, 0.15) is 11.4 Å². The van der Waals surface area contributed by atoms with E-state index in [1.54, 1.807) is 0 Å². The first kappa shape index (κ1) is 11.5. The molecule has 1 aliphatic heterocycles. The lowest BCUT2D eigenvalue weighted by Crippen LogP contribution is -2.15. The minimum absolute atomic E-state index is 0.598. The van der Waals surface area contributed by atoms with Gasteiger partial charge in [-0.05, 0) is 24.6 Å². The topological polar surface area (TPSA) is 47.1 Å². The molecule has 0 saturated heterocycles. The molecular weight excluding hydrogens is 248 g/mol. The van der Waals surface area contributed by atoms with E-state index in [0.717, 1.165) is 34.1 Å². The summed E-state index contributed by atoms with van der Waals surface area (Å²) < 4.78 is 11.2. The second kappa shape index (κ2) is 4.57. The number of rotatable bonds is 2. The third-order valence-electron chi connectivity index (χ3n) is 2.96. The zero-order valence-electron chi connectivity index (χ0n) is 10.1. The molecule has 0 saturated carbocycles. The maximum atomic E-state index is 5.60. The summed E-state index contributed by atoms with van der Waals surface area (Å²) in [7, 11) is 0. The molecule has 3 rings (SSSR count). The summed E-state index contributed by atoms with van der Waals surface area (Å²) >= 11 is 4.20. The van der Waals surface area contributed by atoms with Crippen LogP contribution in [0.25, 0.3) is 11.3 Å². The molecule has 0 bridgehead atoms. The number of thiol groups is 1. The highest BCUT2D eigenvalue weighted by Crippen LogP contribution is 2.36. The van der Waals surface area contributed by atoms with Crippen molar-refractivity contribution in [1.29, 1.82) is 0 Å². The summed E-state index contributed by atoms with van der Waals surface area (Å²) in [5.74, 6) is 3.08. The van der Waals surface area contributed by atoms with Crippen molar-refractivity contribution in [3.63, 3.8) is 0 Å². The van der Waals surface area contributed by atoms with Crippen LogP contribution in [0.15, 0.2) is 18.3 Å². The number of hydrogen-bond acceptors (Lipinski definition) is 4. The average molecular weight is 262 g/mol. The van der Waals surface area contributed by atoms with Crippen LogP contribution in [-0.2, 0) is 5.75 Å². The zero-order valence-corrected chi connectivity index (χ0v) is 11.0. The molecule has 1 aliphatic rings. The van der Waals surface area contributed by atoms with Gasteiger partial charge >= 0.3 is 0 Å². The quantitative estimate of drug-likeness (QED) is 0.818. The van der Waals surface area contributed by atoms with Crippen molar-refractivity contribution in [3.8, 4) is 22.8 Å². The van der Waals surface area contributed by atoms with Gasteiger partial charge in [-0.15, -0.1) is 0 Å². The summed E-state index contributed by atoms with van der Waals surface area (Å²) in [5, 5.41) is 0. The van der Waals surface area contributed by atoms with E-state index in [1.165, 1.54) is 0 Å². The van der Waals surface area contributed by atoms with Crippen LogP contribution in [0.4, 0.5) is 0 Å². The molecular formula is C13H14N2O2S. The van der Waals surface area contributed by atoms with Crippen LogP contribution in [0.5, 0.6) is 11.5 Å². The number of hydrogen-bond donors (Lipinski definition) is 2. The first-order valence-corrected chi connectivity index (χ1v) is 6.46. The molecule has 1 aromatic heterocycles. The van der Waals surface area contributed by atoms with Crippen molar-refractivity contribution in [2.75, 3.05) is 13.2 Å². The number of imidazole rings is 1. The molecule has 1 N–H and O–H groups in total. The number of aryl methyl sites for hydroxylation is 1. The Morgan fingerprint density at radius 3 is 2.67 bits per heavy atom. The summed E-state index contributed by atoms with van der Waals surface area (Å²) in [6, 6.07) is 4.00. The molecule has 0 atom stereocenters. The first-order chi connectivity index (χ1) is 8.78. The molecule has 0 fully saturated rings. The number of H-pyrrole nitrogens is 1. The Kier molecular flexibility index (Phi) is 2.91. The Labute approximate surface area is 111 Å². The van der Waals surface area contributed by atoms with Crippen molar-refractivity contribution in [2.24, 2.45) is 0 Å². The highest BCUT2D eigenvalue weighted by Gasteiger charge is 2.15. The van der Waals surface area contributed by atoms with E-state index in [4.69, 9.17) is 9.47 Å². The van der Waals surface area contributed by atoms with Gasteiger partial charge in [0.15, 0.2) is 11.5 Å². The smallest absolute Gasteiger partial charge is 0.162 e. The number of nitrogens with zero attached hydrogens (tertiary/aromatic N) is 1. The lowest BCUT2D eigenvalue weighted by Gasteiger charge is -2.20. The first-order valence-electron chi connectivity index (χ1n) is 5.83. The van der Waals surface area contributed by atoms with E-state index >= 15 is 0 Å². The molecule has 0 aliphatic carbocycles. The minimum atomic E-state index is 0.598. The maximum Gasteiger partial charge on any atom is 0.162 e. The fraction of sp³-hybridized carbons (Fsp3) is 0.308. The molecule has 0 radical (unpaired) electrons. The summed E-state index contributed by atoms with van der Waals surface area (Å²) in [6.07, 6.45) is 1.82. The Bertz CT molecular complexity index is 580. The Balaban J connectivity index is 2.06. The number of nitrogens with one attached hydrogen (secondary N) is 1. The van der Waals surface area contributed by atoms with Gasteiger partial charge in [-0.2, -0.15) is 12.6 Å². The van der Waals surface area contributed by atoms with Gasteiger partial charge in [0.05, 0.1) is 11.9 Å². The van der Waals surface area contributed by atoms with Gasteiger partial charge in [0.2, 0.25) is 0 Å². The van der Waals surface area contributed by atoms with Crippen LogP contribution >= 0.6 is 12.6 Å². The van der Waals surface area contributed by atoms with Crippen LogP contribution in [0.2, 0.25) is 0 Å². The Morgan fingerprint density at radius 1 is 1.28 bits per heavy atom. The van der Waals surface area contributed by atoms with Gasteiger partial charge in [-0.1, -0.05) is 0 Å². The van der Waals surface area contributed by atoms with Gasteiger partial charge in [0.1, 0.15) is 19.0 Å². The fourth-order valence-electron chi connectivity index (χ4n) is 2.06. The van der Waals surface area contributed by atoms with Crippen LogP contribution in [-0.4, -0.2) is 23.2 Å². The second-order valence-corrected chi connectivity index (χ2v) is 4.53. The van der Waals surface area contributed by atoms with Gasteiger partial charge in [-0.3, -0.25) is 0 Å². The normalized spacial score (nSPS) is 13.7. The predicted molar refractivity (Wildman–Crippen MR) is 72.4 cm³/mol. The van der Waals surface area contributed by atoms with Crippen LogP contribution in [0.3, 0.4) is 0 Å². The molecule has 94 valence electrons. The molecule has 0 unspecified atom stereocenters. The fourth-order valence-corrected chi connectivity index (χ4v) is 2.22. The Morgan fingerprint density at radius 2 is 2.00 bits per heavy atom. The van der Waals surface area contributed by atoms with Gasteiger partial charge in [0.25, 0.3) is 0 Å². The SMILES string of the molecule is Cc1cc2c(cc1-c1cnc(CS)[nH]1)OCCO2. The number of fused-ring (bicyclic) bond motifs is 1. The van der Waals surface area contributed by atoms with E-state index in [2.05, 4.69) is 29.5 Å². The monoisotopic (exact) mass is 262 g/mol. The maximum absolute atomic E-state index is 5.60. The molecule has 0 spiro atoms. The van der Waals surface area contributed by atoms with Crippen molar-refractivity contribution in [2.45, 2.75) is 12.7 Å². The standard InChI is InChI=1S/C13H14N2O2S/c1-8-4-11-12(17-3-2-16-11)5-9(8)10-6-14-13(7-18)15-10/h4-6,18H,2-3,7H2,1H3,(H,14,15). The summed E-state index contributed by atoms with van der Waals surface area (Å²) in [5.41, 5.74) is 3.20. The molecule has 4 nitrogen and oxygen atoms in total. The Hall–Kier alpha value is -1.62. The van der Waals surface area contributed by atoms with E-state index in [-0.39, 0.29) is 0 Å². The lowest BCUT2D eigenvalue weighted by molar-refractivity contribution is 0.171. The third kappa shape index (κ3) is 1.95. The van der Waals surface area contributed by atoms with E-state index in [1.807, 2.05) is 18.3 Å². The molecule has 18 heavy (non-hydrogen) atoms. The number of aromatic amines is 1. The summed E-state index contributed by atoms with van der Waals surface area (Å²) in [6.45, 7) is 3.26. The highest BCUT2D eigenvalue weighted by atomic mass is 32.1. The van der Waals surface area contributed by atoms with E-state index in [9.17, 15) is 0 Å². The number of aromatic nitrogens is 2. The van der Waals surface area contributed by atoms with Crippen molar-refractivity contribution >= 4 is 12.6 Å². The van der Waals surface area contributed by atoms with Crippen molar-refractivity contribution in [3.05, 3.63) is 29.7 Å². The van der Waals surface area contributed by atoms with Gasteiger partial charge < -0.3 is 14.5 Å². The van der Waals surface area contributed by atoms with Crippen molar-refractivity contribution < 1.29 is 9.47 Å². The molecule has 5 heteroatoms. The molecule has 0 amide bonds. The lowest BCUT2D eigenvalue weighted by atomic mass is 10.1. The minimum Gasteiger partial charge on any atom is -0.486 e. The van der Waals surface area contributed by atoms with Gasteiger partial charge in [0, 0.05) is 11.3 Å². The van der Waals surface area contributed by atoms with Crippen LogP contribution in [0, 0.1) is 6.92 Å². The third-order valence-corrected chi connectivity index (χ3v) is 3.26. The number of ether oxygens (including phenoxy) is 2. The highest BCUT2D eigenvalue weighted by molar-refractivity contribution is 7.79. The average Bonchev–Trinajstić information content (AvgIpc) is 2.86. The van der Waals surface area contributed by atoms with E-state index < -0.39 is 0 Å². The van der Waals surface area contributed by atoms with E-state index in [0.29, 0.717) is 19.0 Å². The molecule has 2 aromatic rings. The van der Waals surface area contributed by atoms with Crippen LogP contribution < -0.4 is 9.47 Å². The number of benzene rings is 1. The largest absolute Gasteiger partial charge is 0.486 e. The molecule has 2 heterocycles. The predicted octanol–water partition coefficient (Wildman–Crippen LogP) is 2.59. The molecule has 1 aromatic carbocycles.